The molecule has 1 fully saturated rings. The van der Waals surface area contributed by atoms with Gasteiger partial charge < -0.3 is 49.7 Å². The highest BCUT2D eigenvalue weighted by molar-refractivity contribution is 8.14. The van der Waals surface area contributed by atoms with Gasteiger partial charge in [0, 0.05) is 56.6 Å². The number of carbonyl (C=O) groups excluding carboxylic acids is 2. The van der Waals surface area contributed by atoms with Gasteiger partial charge in [-0.25, -0.2) is 9.59 Å². The number of hydrogen-bond acceptors (Lipinski definition) is 10. The highest BCUT2D eigenvalue weighted by Gasteiger charge is 2.84. The van der Waals surface area contributed by atoms with Crippen LogP contribution >= 0.6 is 23.5 Å². The van der Waals surface area contributed by atoms with Gasteiger partial charge in [0.1, 0.15) is 0 Å². The molecule has 4 amide bonds. The van der Waals surface area contributed by atoms with Crippen LogP contribution in [0, 0.1) is 0 Å². The molecule has 8 rings (SSSR count). The van der Waals surface area contributed by atoms with E-state index in [0.717, 1.165) is 139 Å². The van der Waals surface area contributed by atoms with Crippen LogP contribution in [0.15, 0.2) is 107 Å². The molecule has 4 aromatic rings. The highest BCUT2D eigenvalue weighted by atomic mass is 32.2. The number of fused-ring (bicyclic) bond motifs is 4. The molecule has 0 bridgehead atoms. The van der Waals surface area contributed by atoms with Gasteiger partial charge in [0.2, 0.25) is 11.5 Å². The van der Waals surface area contributed by atoms with Gasteiger partial charge in [-0.2, -0.15) is 26.3 Å². The van der Waals surface area contributed by atoms with Crippen molar-refractivity contribution in [1.29, 1.82) is 0 Å². The van der Waals surface area contributed by atoms with E-state index in [2.05, 4.69) is 62.8 Å². The average molecular weight is 1890 g/mol. The summed E-state index contributed by atoms with van der Waals surface area (Å²) in [4.78, 5) is 29.3. The second kappa shape index (κ2) is 63.1. The van der Waals surface area contributed by atoms with Crippen LogP contribution in [-0.2, 0) is 0 Å². The van der Waals surface area contributed by atoms with Crippen LogP contribution in [-0.4, -0.2) is 79.0 Å². The number of urea groups is 2. The summed E-state index contributed by atoms with van der Waals surface area (Å²) in [6.45, 7) is 19.7. The largest absolute Gasteiger partial charge is 0.489 e. The van der Waals surface area contributed by atoms with Crippen molar-refractivity contribution < 1.29 is 64.4 Å². The zero-order valence-corrected chi connectivity index (χ0v) is 85.2. The first-order valence-electron chi connectivity index (χ1n) is 53.7. The number of carbonyl (C=O) groups is 2. The Kier molecular flexibility index (Phi) is 53.0. The number of rotatable bonds is 78. The van der Waals surface area contributed by atoms with Crippen LogP contribution < -0.4 is 49.7 Å². The van der Waals surface area contributed by atoms with E-state index in [1.165, 1.54) is 282 Å². The number of ether oxygens (including phenoxy) is 6. The third kappa shape index (κ3) is 36.6. The molecule has 1 saturated carbocycles. The van der Waals surface area contributed by atoms with Crippen molar-refractivity contribution in [3.05, 3.63) is 118 Å². The number of thioether (sulfide) groups is 2. The van der Waals surface area contributed by atoms with Crippen molar-refractivity contribution in [2.45, 2.75) is 468 Å². The Labute approximate surface area is 809 Å². The van der Waals surface area contributed by atoms with Crippen LogP contribution in [0.1, 0.15) is 452 Å². The highest BCUT2D eigenvalue weighted by Crippen LogP contribution is 2.75. The summed E-state index contributed by atoms with van der Waals surface area (Å²) in [7, 11) is 0. The van der Waals surface area contributed by atoms with Crippen molar-refractivity contribution in [3.63, 3.8) is 0 Å². The smallest absolute Gasteiger partial charge is 0.380 e. The van der Waals surface area contributed by atoms with Crippen molar-refractivity contribution in [2.75, 3.05) is 60.9 Å². The predicted molar refractivity (Wildman–Crippen MR) is 552 cm³/mol. The zero-order valence-electron chi connectivity index (χ0n) is 83.6. The first-order chi connectivity index (χ1) is 64.7. The SMILES string of the molecule is CCCCCCCCCCCCOc1cc(NC(=O)Nc2ccc(C3=CC4=C5C(=C6C=C(c7ccc(NC(=O)Nc8cc(OCCCCCCCCCCCC)c(OCCCCCCCCCCCC)c(OCCCCCCCCCCCC)c8)cc7)SC6(C)C4(C)S3)C(F)(F)C(F)(F)C5(F)F)cc2)cc(OCCCCCCCCCCCC)c1OCCCCCCCCCCCC. The number of nitrogens with one attached hydrogen (secondary N) is 4. The standard InChI is InChI=1S/C113H174F6N4O8S2/c1-9-15-21-27-33-39-45-51-57-63-77-126-97-83-93(84-98(127-78-64-58-52-46-40-34-28-22-16-10-2)105(97)130-81-67-61-55-49-43-37-31-25-19-13-5)122-107(124)120-91-73-69-89(70-74-91)101-87-95-103-104(112(116,117)113(118,119)111(103,114)115)96-88-102(133-110(96,8)109(95,7)132-101)90-71-75-92(76-72-90)121-108(125)123-94-85-99(128-79-65-59-53-47-41-35-29-23-17-11-3)106(131-82-68-62-56-50-44-38-32-26-20-14-6)100(86-94)129-80-66-60-54-48-42-36-30-24-18-12-4/h69-76,83-88H,9-68,77-82H2,1-8H3,(H2,120,122,124)(H2,121,123,125). The monoisotopic (exact) mass is 1890 g/mol. The summed E-state index contributed by atoms with van der Waals surface area (Å²) in [5.41, 5.74) is -0.678. The summed E-state index contributed by atoms with van der Waals surface area (Å²) in [6.07, 6.45) is 74.1. The maximum atomic E-state index is 16.8. The Morgan fingerprint density at radius 2 is 0.451 bits per heavy atom. The number of benzene rings is 4. The quantitative estimate of drug-likeness (QED) is 0.0250. The fourth-order valence-electron chi connectivity index (χ4n) is 18.8. The van der Waals surface area contributed by atoms with E-state index in [0.29, 0.717) is 118 Å². The van der Waals surface area contributed by atoms with Crippen molar-refractivity contribution in [3.8, 4) is 34.5 Å². The zero-order chi connectivity index (χ0) is 95.1. The number of halogens is 6. The lowest BCUT2D eigenvalue weighted by atomic mass is 9.71. The molecule has 2 atom stereocenters. The van der Waals surface area contributed by atoms with Gasteiger partial charge in [-0.05, 0) is 111 Å². The minimum absolute atomic E-state index is 0.300. The Morgan fingerprint density at radius 3 is 0.662 bits per heavy atom. The van der Waals surface area contributed by atoms with Crippen LogP contribution in [0.2, 0.25) is 0 Å². The molecule has 0 saturated heterocycles. The van der Waals surface area contributed by atoms with Crippen LogP contribution in [0.3, 0.4) is 0 Å². The van der Waals surface area contributed by atoms with Gasteiger partial charge >= 0.3 is 29.8 Å². The Morgan fingerprint density at radius 1 is 0.263 bits per heavy atom. The van der Waals surface area contributed by atoms with E-state index in [4.69, 9.17) is 28.4 Å². The molecule has 12 nitrogen and oxygen atoms in total. The summed E-state index contributed by atoms with van der Waals surface area (Å²) < 4.78 is 136. The molecule has 4 aromatic carbocycles. The van der Waals surface area contributed by atoms with E-state index in [-0.39, 0.29) is 11.1 Å². The van der Waals surface area contributed by atoms with Gasteiger partial charge in [0.05, 0.1) is 60.5 Å². The summed E-state index contributed by atoms with van der Waals surface area (Å²) in [5.74, 6) is -13.2. The normalized spacial score (nSPS) is 16.8. The minimum atomic E-state index is -5.75. The lowest BCUT2D eigenvalue weighted by molar-refractivity contribution is -0.258. The maximum absolute atomic E-state index is 16.8. The molecule has 2 heterocycles. The Hall–Kier alpha value is -6.54. The summed E-state index contributed by atoms with van der Waals surface area (Å²) >= 11 is 2.32. The second-order valence-corrected chi connectivity index (χ2v) is 41.6. The first kappa shape index (κ1) is 112. The van der Waals surface area contributed by atoms with E-state index < -0.39 is 50.5 Å². The molecule has 0 radical (unpaired) electrons. The second-order valence-electron chi connectivity index (χ2n) is 38.7. The molecule has 2 aliphatic carbocycles. The number of unbranched alkanes of at least 4 members (excludes halogenated alkanes) is 54. The van der Waals surface area contributed by atoms with E-state index in [1.807, 2.05) is 0 Å². The van der Waals surface area contributed by atoms with Gasteiger partial charge in [0.25, 0.3) is 0 Å². The van der Waals surface area contributed by atoms with Crippen molar-refractivity contribution in [2.24, 2.45) is 0 Å². The maximum Gasteiger partial charge on any atom is 0.380 e. The molecule has 2 aliphatic heterocycles. The van der Waals surface area contributed by atoms with Crippen LogP contribution in [0.4, 0.5) is 58.7 Å². The minimum Gasteiger partial charge on any atom is -0.489 e. The van der Waals surface area contributed by atoms with E-state index in [9.17, 15) is 9.59 Å². The fourth-order valence-corrected chi connectivity index (χ4v) is 22.0. The van der Waals surface area contributed by atoms with Crippen LogP contribution in [0.5, 0.6) is 34.5 Å². The third-order valence-electron chi connectivity index (χ3n) is 27.2. The lowest BCUT2D eigenvalue weighted by Gasteiger charge is -2.47. The average Bonchev–Trinajstić information content (AvgIpc) is 1.48. The summed E-state index contributed by atoms with van der Waals surface area (Å²) in [6, 6.07) is 19.5. The molecule has 4 N–H and O–H groups in total. The Bertz CT molecular complexity index is 3730. The summed E-state index contributed by atoms with van der Waals surface area (Å²) in [5, 5.41) is 12.0. The molecule has 133 heavy (non-hydrogen) atoms. The van der Waals surface area contributed by atoms with E-state index >= 15 is 26.3 Å². The molecular weight excluding hydrogens is 1720 g/mol. The van der Waals surface area contributed by atoms with Crippen molar-refractivity contribution in [1.82, 2.24) is 0 Å². The van der Waals surface area contributed by atoms with Gasteiger partial charge in [-0.15, -0.1) is 23.5 Å². The molecule has 0 aromatic heterocycles. The number of anilines is 4. The fraction of sp³-hybridized carbons (Fsp3) is 0.699. The molecule has 20 heteroatoms. The number of amides is 4. The molecule has 2 unspecified atom stereocenters. The molecule has 748 valence electrons. The first-order valence-corrected chi connectivity index (χ1v) is 55.3. The molecule has 0 spiro atoms. The van der Waals surface area contributed by atoms with Gasteiger partial charge in [0.15, 0.2) is 23.0 Å². The van der Waals surface area contributed by atoms with Gasteiger partial charge in [-0.3, -0.25) is 0 Å². The van der Waals surface area contributed by atoms with Crippen molar-refractivity contribution >= 4 is 68.1 Å². The topological polar surface area (TPSA) is 138 Å². The molecule has 4 aliphatic rings. The predicted octanol–water partition coefficient (Wildman–Crippen LogP) is 37.7. The molecular formula is C113H174F6N4O8S2. The number of alkyl halides is 6. The van der Waals surface area contributed by atoms with E-state index in [1.54, 1.807) is 86.6 Å². The number of allylic oxidation sites excluding steroid dienone is 4. The van der Waals surface area contributed by atoms with Crippen LogP contribution in [0.25, 0.3) is 9.81 Å². The number of hydrogen-bond donors (Lipinski definition) is 4. The Balaban J connectivity index is 0.970. The third-order valence-corrected chi connectivity index (χ3v) is 30.6. The lowest BCUT2D eigenvalue weighted by Crippen LogP contribution is -2.48. The van der Waals surface area contributed by atoms with Gasteiger partial charge in [-0.1, -0.05) is 413 Å².